The number of nitrogens with one attached hydrogen (secondary N) is 1. The highest BCUT2D eigenvalue weighted by molar-refractivity contribution is 5.86. The molecule has 0 aromatic heterocycles. The SMILES string of the molecule is CC1CCCC(N2C(=O)C(c3ccccc3)NC2C)C1C. The second-order valence-electron chi connectivity index (χ2n) is 6.77. The average Bonchev–Trinajstić information content (AvgIpc) is 2.78. The first kappa shape index (κ1) is 14.6. The maximum atomic E-state index is 12.9. The molecule has 5 atom stereocenters. The number of carbonyl (C=O) groups is 1. The van der Waals surface area contributed by atoms with Crippen LogP contribution in [0.25, 0.3) is 0 Å². The summed E-state index contributed by atoms with van der Waals surface area (Å²) in [6.07, 6.45) is 3.80. The highest BCUT2D eigenvalue weighted by Crippen LogP contribution is 2.37. The molecule has 21 heavy (non-hydrogen) atoms. The molecule has 1 heterocycles. The summed E-state index contributed by atoms with van der Waals surface area (Å²) in [6, 6.07) is 10.3. The molecule has 3 nitrogen and oxygen atoms in total. The lowest BCUT2D eigenvalue weighted by atomic mass is 9.77. The molecule has 0 bridgehead atoms. The van der Waals surface area contributed by atoms with E-state index in [1.165, 1.54) is 12.8 Å². The van der Waals surface area contributed by atoms with Gasteiger partial charge in [-0.2, -0.15) is 0 Å². The largest absolute Gasteiger partial charge is 0.323 e. The van der Waals surface area contributed by atoms with Gasteiger partial charge in [0.1, 0.15) is 6.04 Å². The lowest BCUT2D eigenvalue weighted by molar-refractivity contribution is -0.134. The maximum Gasteiger partial charge on any atom is 0.245 e. The van der Waals surface area contributed by atoms with Crippen molar-refractivity contribution in [1.29, 1.82) is 0 Å². The zero-order valence-corrected chi connectivity index (χ0v) is 13.3. The molecule has 0 spiro atoms. The van der Waals surface area contributed by atoms with Crippen LogP contribution in [-0.2, 0) is 4.79 Å². The van der Waals surface area contributed by atoms with E-state index >= 15 is 0 Å². The Morgan fingerprint density at radius 3 is 2.52 bits per heavy atom. The van der Waals surface area contributed by atoms with Crippen LogP contribution in [0.5, 0.6) is 0 Å². The van der Waals surface area contributed by atoms with Crippen molar-refractivity contribution in [2.24, 2.45) is 11.8 Å². The van der Waals surface area contributed by atoms with Gasteiger partial charge in [-0.15, -0.1) is 0 Å². The Hall–Kier alpha value is -1.35. The molecule has 3 heteroatoms. The van der Waals surface area contributed by atoms with Gasteiger partial charge in [-0.3, -0.25) is 10.1 Å². The van der Waals surface area contributed by atoms with Gasteiger partial charge >= 0.3 is 0 Å². The molecule has 1 N–H and O–H groups in total. The van der Waals surface area contributed by atoms with Crippen LogP contribution in [0.3, 0.4) is 0 Å². The van der Waals surface area contributed by atoms with Crippen molar-refractivity contribution in [2.75, 3.05) is 0 Å². The predicted octanol–water partition coefficient (Wildman–Crippen LogP) is 3.33. The Balaban J connectivity index is 1.82. The molecule has 1 aromatic carbocycles. The number of nitrogens with zero attached hydrogens (tertiary/aromatic N) is 1. The third-order valence-electron chi connectivity index (χ3n) is 5.48. The van der Waals surface area contributed by atoms with Crippen molar-refractivity contribution in [3.63, 3.8) is 0 Å². The molecule has 1 saturated carbocycles. The lowest BCUT2D eigenvalue weighted by Crippen LogP contribution is -2.49. The van der Waals surface area contributed by atoms with Gasteiger partial charge in [-0.05, 0) is 30.7 Å². The molecule has 1 saturated heterocycles. The molecule has 0 radical (unpaired) electrons. The van der Waals surface area contributed by atoms with E-state index in [4.69, 9.17) is 0 Å². The fourth-order valence-corrected chi connectivity index (χ4v) is 4.01. The summed E-state index contributed by atoms with van der Waals surface area (Å²) in [4.78, 5) is 15.1. The molecule has 2 fully saturated rings. The fourth-order valence-electron chi connectivity index (χ4n) is 4.01. The van der Waals surface area contributed by atoms with Crippen molar-refractivity contribution >= 4 is 5.91 Å². The van der Waals surface area contributed by atoms with Gasteiger partial charge in [0.05, 0.1) is 6.17 Å². The van der Waals surface area contributed by atoms with E-state index in [-0.39, 0.29) is 18.1 Å². The van der Waals surface area contributed by atoms with Crippen molar-refractivity contribution < 1.29 is 4.79 Å². The normalized spacial score (nSPS) is 37.0. The van der Waals surface area contributed by atoms with Crippen molar-refractivity contribution in [3.05, 3.63) is 35.9 Å². The summed E-state index contributed by atoms with van der Waals surface area (Å²) in [6.45, 7) is 6.75. The number of hydrogen-bond donors (Lipinski definition) is 1. The van der Waals surface area contributed by atoms with Crippen LogP contribution in [0.2, 0.25) is 0 Å². The van der Waals surface area contributed by atoms with Crippen LogP contribution in [0.15, 0.2) is 30.3 Å². The molecule has 1 aliphatic heterocycles. The Morgan fingerprint density at radius 2 is 1.81 bits per heavy atom. The summed E-state index contributed by atoms with van der Waals surface area (Å²) >= 11 is 0. The fraction of sp³-hybridized carbons (Fsp3) is 0.611. The van der Waals surface area contributed by atoms with Gasteiger partial charge < -0.3 is 4.90 Å². The molecule has 1 aromatic rings. The maximum absolute atomic E-state index is 12.9. The molecule has 114 valence electrons. The Morgan fingerprint density at radius 1 is 1.10 bits per heavy atom. The first-order valence-corrected chi connectivity index (χ1v) is 8.22. The highest BCUT2D eigenvalue weighted by atomic mass is 16.2. The van der Waals surface area contributed by atoms with Crippen LogP contribution in [-0.4, -0.2) is 23.0 Å². The average molecular weight is 286 g/mol. The highest BCUT2D eigenvalue weighted by Gasteiger charge is 2.44. The van der Waals surface area contributed by atoms with Crippen LogP contribution in [0.1, 0.15) is 51.6 Å². The number of hydrogen-bond acceptors (Lipinski definition) is 2. The molecular weight excluding hydrogens is 260 g/mol. The third-order valence-corrected chi connectivity index (χ3v) is 5.48. The van der Waals surface area contributed by atoms with E-state index in [2.05, 4.69) is 31.0 Å². The summed E-state index contributed by atoms with van der Waals surface area (Å²) in [5, 5.41) is 3.48. The minimum atomic E-state index is -0.175. The topological polar surface area (TPSA) is 32.3 Å². The molecule has 1 aliphatic carbocycles. The smallest absolute Gasteiger partial charge is 0.245 e. The van der Waals surface area contributed by atoms with E-state index in [0.29, 0.717) is 17.9 Å². The van der Waals surface area contributed by atoms with Gasteiger partial charge in [0.15, 0.2) is 0 Å². The van der Waals surface area contributed by atoms with Crippen LogP contribution >= 0.6 is 0 Å². The Kier molecular flexibility index (Phi) is 4.03. The van der Waals surface area contributed by atoms with Gasteiger partial charge in [0, 0.05) is 6.04 Å². The number of carbonyl (C=O) groups excluding carboxylic acids is 1. The van der Waals surface area contributed by atoms with E-state index < -0.39 is 0 Å². The Bertz CT molecular complexity index is 501. The first-order valence-electron chi connectivity index (χ1n) is 8.22. The minimum absolute atomic E-state index is 0.125. The zero-order chi connectivity index (χ0) is 15.0. The van der Waals surface area contributed by atoms with Crippen molar-refractivity contribution in [3.8, 4) is 0 Å². The molecule has 5 unspecified atom stereocenters. The van der Waals surface area contributed by atoms with Crippen LogP contribution in [0.4, 0.5) is 0 Å². The third kappa shape index (κ3) is 2.59. The molecule has 1 amide bonds. The number of amides is 1. The quantitative estimate of drug-likeness (QED) is 0.904. The van der Waals surface area contributed by atoms with Crippen LogP contribution in [0, 0.1) is 11.8 Å². The van der Waals surface area contributed by atoms with E-state index in [1.54, 1.807) is 0 Å². The summed E-state index contributed by atoms with van der Waals surface area (Å²) in [5.74, 6) is 1.54. The lowest BCUT2D eigenvalue weighted by Gasteiger charge is -2.41. The molecule has 2 aliphatic rings. The minimum Gasteiger partial charge on any atom is -0.323 e. The van der Waals surface area contributed by atoms with Gasteiger partial charge in [-0.1, -0.05) is 57.0 Å². The predicted molar refractivity (Wildman–Crippen MR) is 84.6 cm³/mol. The molecule has 3 rings (SSSR count). The second kappa shape index (κ2) is 5.80. The van der Waals surface area contributed by atoms with Gasteiger partial charge in [-0.25, -0.2) is 0 Å². The molecular formula is C18H26N2O. The first-order chi connectivity index (χ1) is 10.1. The zero-order valence-electron chi connectivity index (χ0n) is 13.3. The summed E-state index contributed by atoms with van der Waals surface area (Å²) in [5.41, 5.74) is 1.08. The Labute approximate surface area is 127 Å². The van der Waals surface area contributed by atoms with Crippen LogP contribution < -0.4 is 5.32 Å². The summed E-state index contributed by atoms with van der Waals surface area (Å²) < 4.78 is 0. The van der Waals surface area contributed by atoms with E-state index in [1.807, 2.05) is 30.3 Å². The number of benzene rings is 1. The van der Waals surface area contributed by atoms with Gasteiger partial charge in [0.2, 0.25) is 5.91 Å². The van der Waals surface area contributed by atoms with Gasteiger partial charge in [0.25, 0.3) is 0 Å². The monoisotopic (exact) mass is 286 g/mol. The number of rotatable bonds is 2. The summed E-state index contributed by atoms with van der Waals surface area (Å²) in [7, 11) is 0. The van der Waals surface area contributed by atoms with E-state index in [9.17, 15) is 4.79 Å². The van der Waals surface area contributed by atoms with Crippen molar-refractivity contribution in [2.45, 2.75) is 58.3 Å². The second-order valence-corrected chi connectivity index (χ2v) is 6.77. The van der Waals surface area contributed by atoms with Crippen molar-refractivity contribution in [1.82, 2.24) is 10.2 Å². The van der Waals surface area contributed by atoms with E-state index in [0.717, 1.165) is 12.0 Å². The standard InChI is InChI=1S/C18H26N2O/c1-12-8-7-11-16(13(12)2)20-14(3)19-17(18(20)21)15-9-5-4-6-10-15/h4-6,9-10,12-14,16-17,19H,7-8,11H2,1-3H3.